The molecule has 1 atom stereocenters. The number of hydrogen-bond acceptors (Lipinski definition) is 4. The lowest BCUT2D eigenvalue weighted by Crippen LogP contribution is -2.48. The number of aromatic nitrogens is 2. The summed E-state index contributed by atoms with van der Waals surface area (Å²) in [6, 6.07) is 7.58. The summed E-state index contributed by atoms with van der Waals surface area (Å²) in [5, 5.41) is 7.97. The molecular weight excluding hydrogens is 336 g/mol. The van der Waals surface area contributed by atoms with Crippen LogP contribution in [0.2, 0.25) is 0 Å². The Kier molecular flexibility index (Phi) is 4.59. The quantitative estimate of drug-likeness (QED) is 0.674. The third-order valence-electron chi connectivity index (χ3n) is 4.24. The average molecular weight is 356 g/mol. The number of carbonyl (C=O) groups excluding carboxylic acids is 1. The number of rotatable bonds is 3. The van der Waals surface area contributed by atoms with Crippen LogP contribution in [-0.4, -0.2) is 28.0 Å². The van der Waals surface area contributed by atoms with E-state index in [2.05, 4.69) is 10.4 Å². The first-order valence-electron chi connectivity index (χ1n) is 7.87. The van der Waals surface area contributed by atoms with Crippen LogP contribution in [-0.2, 0) is 16.6 Å². The van der Waals surface area contributed by atoms with Crippen molar-refractivity contribution < 1.29 is 9.53 Å². The Morgan fingerprint density at radius 1 is 1.28 bits per heavy atom. The molecular formula is C18H20N4O2S. The number of hydrogen-bond donors (Lipinski definition) is 1. The molecule has 0 amide bonds. The van der Waals surface area contributed by atoms with Gasteiger partial charge in [0, 0.05) is 30.2 Å². The Bertz CT molecular complexity index is 854. The van der Waals surface area contributed by atoms with Gasteiger partial charge < -0.3 is 10.1 Å². The fourth-order valence-corrected chi connectivity index (χ4v) is 3.32. The minimum atomic E-state index is -0.393. The van der Waals surface area contributed by atoms with Gasteiger partial charge in [0.1, 0.15) is 0 Å². The van der Waals surface area contributed by atoms with E-state index in [1.807, 2.05) is 56.3 Å². The molecule has 1 N–H and O–H groups in total. The number of esters is 1. The lowest BCUT2D eigenvalue weighted by molar-refractivity contribution is -0.136. The summed E-state index contributed by atoms with van der Waals surface area (Å²) < 4.78 is 6.71. The van der Waals surface area contributed by atoms with Crippen LogP contribution < -0.4 is 10.2 Å². The molecule has 0 saturated carbocycles. The van der Waals surface area contributed by atoms with Crippen molar-refractivity contribution in [1.82, 2.24) is 15.1 Å². The Morgan fingerprint density at radius 3 is 2.52 bits per heavy atom. The summed E-state index contributed by atoms with van der Waals surface area (Å²) in [5.74, 6) is -0.390. The standard InChI is InChI=1S/C18H20N4O2S/c1-11-5-7-14(8-6-11)22-12(2)15(17(23)24-4)16(20-18(22)25)13-9-19-21(3)10-13/h5-10,16H,1-4H3,(H,20,25). The monoisotopic (exact) mass is 356 g/mol. The normalized spacial score (nSPS) is 17.5. The van der Waals surface area contributed by atoms with Crippen molar-refractivity contribution >= 4 is 29.0 Å². The van der Waals surface area contributed by atoms with E-state index in [9.17, 15) is 4.79 Å². The highest BCUT2D eigenvalue weighted by Gasteiger charge is 2.35. The third-order valence-corrected chi connectivity index (χ3v) is 4.54. The Morgan fingerprint density at radius 2 is 1.96 bits per heavy atom. The number of anilines is 1. The number of thiocarbonyl (C=S) groups is 1. The molecule has 1 aliphatic heterocycles. The second-order valence-corrected chi connectivity index (χ2v) is 6.38. The lowest BCUT2D eigenvalue weighted by Gasteiger charge is -2.37. The summed E-state index contributed by atoms with van der Waals surface area (Å²) in [6.45, 7) is 3.90. The first-order chi connectivity index (χ1) is 11.9. The summed E-state index contributed by atoms with van der Waals surface area (Å²) in [7, 11) is 3.21. The van der Waals surface area contributed by atoms with Crippen molar-refractivity contribution in [2.24, 2.45) is 7.05 Å². The molecule has 2 heterocycles. The summed E-state index contributed by atoms with van der Waals surface area (Å²) in [4.78, 5) is 14.3. The van der Waals surface area contributed by atoms with Crippen molar-refractivity contribution in [2.45, 2.75) is 19.9 Å². The molecule has 1 unspecified atom stereocenters. The minimum absolute atomic E-state index is 0.390. The van der Waals surface area contributed by atoms with Gasteiger partial charge in [-0.3, -0.25) is 9.58 Å². The van der Waals surface area contributed by atoms with Crippen LogP contribution in [0.25, 0.3) is 0 Å². The van der Waals surface area contributed by atoms with Crippen LogP contribution in [0, 0.1) is 6.92 Å². The van der Waals surface area contributed by atoms with Crippen molar-refractivity contribution in [3.05, 3.63) is 59.1 Å². The van der Waals surface area contributed by atoms with E-state index >= 15 is 0 Å². The highest BCUT2D eigenvalue weighted by molar-refractivity contribution is 7.80. The van der Waals surface area contributed by atoms with Gasteiger partial charge in [0.15, 0.2) is 5.11 Å². The maximum Gasteiger partial charge on any atom is 0.337 e. The van der Waals surface area contributed by atoms with E-state index in [4.69, 9.17) is 17.0 Å². The Hall–Kier alpha value is -2.67. The zero-order chi connectivity index (χ0) is 18.1. The van der Waals surface area contributed by atoms with E-state index in [0.717, 1.165) is 22.5 Å². The van der Waals surface area contributed by atoms with Crippen molar-refractivity contribution in [3.8, 4) is 0 Å². The van der Waals surface area contributed by atoms with Crippen LogP contribution >= 0.6 is 12.2 Å². The topological polar surface area (TPSA) is 59.4 Å². The molecule has 0 aliphatic carbocycles. The van der Waals surface area contributed by atoms with Crippen molar-refractivity contribution in [1.29, 1.82) is 0 Å². The van der Waals surface area contributed by atoms with Gasteiger partial charge in [-0.15, -0.1) is 0 Å². The predicted molar refractivity (Wildman–Crippen MR) is 100 cm³/mol. The molecule has 25 heavy (non-hydrogen) atoms. The van der Waals surface area contributed by atoms with Crippen LogP contribution in [0.15, 0.2) is 47.9 Å². The van der Waals surface area contributed by atoms with Gasteiger partial charge in [0.2, 0.25) is 0 Å². The van der Waals surface area contributed by atoms with Crippen LogP contribution in [0.4, 0.5) is 5.69 Å². The van der Waals surface area contributed by atoms with E-state index in [-0.39, 0.29) is 0 Å². The van der Waals surface area contributed by atoms with Crippen LogP contribution in [0.3, 0.4) is 0 Å². The zero-order valence-corrected chi connectivity index (χ0v) is 15.4. The Labute approximate surface area is 152 Å². The van der Waals surface area contributed by atoms with Gasteiger partial charge >= 0.3 is 5.97 Å². The van der Waals surface area contributed by atoms with E-state index in [0.29, 0.717) is 10.7 Å². The fourth-order valence-electron chi connectivity index (χ4n) is 2.96. The van der Waals surface area contributed by atoms with Gasteiger partial charge in [-0.25, -0.2) is 4.79 Å². The van der Waals surface area contributed by atoms with Gasteiger partial charge in [-0.1, -0.05) is 17.7 Å². The Balaban J connectivity index is 2.12. The molecule has 0 bridgehead atoms. The highest BCUT2D eigenvalue weighted by atomic mass is 32.1. The van der Waals surface area contributed by atoms with E-state index in [1.54, 1.807) is 10.9 Å². The molecule has 6 nitrogen and oxygen atoms in total. The maximum atomic E-state index is 12.5. The number of methoxy groups -OCH3 is 1. The largest absolute Gasteiger partial charge is 0.466 e. The lowest BCUT2D eigenvalue weighted by atomic mass is 9.97. The fraction of sp³-hybridized carbons (Fsp3) is 0.278. The summed E-state index contributed by atoms with van der Waals surface area (Å²) >= 11 is 5.58. The zero-order valence-electron chi connectivity index (χ0n) is 14.6. The third kappa shape index (κ3) is 3.15. The first-order valence-corrected chi connectivity index (χ1v) is 8.28. The van der Waals surface area contributed by atoms with E-state index in [1.165, 1.54) is 7.11 Å². The first kappa shape index (κ1) is 17.2. The van der Waals surface area contributed by atoms with Crippen molar-refractivity contribution in [2.75, 3.05) is 12.0 Å². The molecule has 0 radical (unpaired) electrons. The van der Waals surface area contributed by atoms with Gasteiger partial charge in [0.05, 0.1) is 24.9 Å². The predicted octanol–water partition coefficient (Wildman–Crippen LogP) is 2.61. The van der Waals surface area contributed by atoms with Gasteiger partial charge in [0.25, 0.3) is 0 Å². The average Bonchev–Trinajstić information content (AvgIpc) is 3.02. The summed E-state index contributed by atoms with van der Waals surface area (Å²) in [5.41, 5.74) is 4.17. The molecule has 3 rings (SSSR count). The smallest absolute Gasteiger partial charge is 0.337 e. The number of carbonyl (C=O) groups is 1. The number of benzene rings is 1. The molecule has 1 aromatic heterocycles. The molecule has 0 saturated heterocycles. The molecule has 130 valence electrons. The van der Waals surface area contributed by atoms with E-state index < -0.39 is 12.0 Å². The highest BCUT2D eigenvalue weighted by Crippen LogP contribution is 2.33. The number of aryl methyl sites for hydroxylation is 2. The second-order valence-electron chi connectivity index (χ2n) is 5.99. The summed E-state index contributed by atoms with van der Waals surface area (Å²) in [6.07, 6.45) is 3.58. The molecule has 1 aliphatic rings. The van der Waals surface area contributed by atoms with Gasteiger partial charge in [-0.05, 0) is 38.2 Å². The number of nitrogens with zero attached hydrogens (tertiary/aromatic N) is 3. The van der Waals surface area contributed by atoms with Crippen LogP contribution in [0.1, 0.15) is 24.1 Å². The van der Waals surface area contributed by atoms with Crippen LogP contribution in [0.5, 0.6) is 0 Å². The second kappa shape index (κ2) is 6.68. The van der Waals surface area contributed by atoms with Gasteiger partial charge in [-0.2, -0.15) is 5.10 Å². The molecule has 2 aromatic rings. The molecule has 1 aromatic carbocycles. The molecule has 0 spiro atoms. The number of nitrogens with one attached hydrogen (secondary N) is 1. The van der Waals surface area contributed by atoms with Crippen molar-refractivity contribution in [3.63, 3.8) is 0 Å². The molecule has 7 heteroatoms. The SMILES string of the molecule is COC(=O)C1=C(C)N(c2ccc(C)cc2)C(=S)NC1c1cnn(C)c1. The minimum Gasteiger partial charge on any atom is -0.466 e. The number of allylic oxidation sites excluding steroid dienone is 1. The number of ether oxygens (including phenoxy) is 1. The molecule has 0 fully saturated rings. The maximum absolute atomic E-state index is 12.5.